The largest absolute Gasteiger partial charge is 0.350 e. The fraction of sp³-hybridized carbons (Fsp3) is 0.667. The summed E-state index contributed by atoms with van der Waals surface area (Å²) in [5.41, 5.74) is 5.36. The first-order valence-corrected chi connectivity index (χ1v) is 5.70. The third-order valence-corrected chi connectivity index (χ3v) is 1.30. The minimum Gasteiger partial charge on any atom is -0.350 e. The average molecular weight is 288 g/mol. The maximum atomic E-state index is 11.0. The molecule has 0 atom stereocenters. The molecular formula is C12H24N4O4. The van der Waals surface area contributed by atoms with Crippen molar-refractivity contribution in [3.8, 4) is 11.8 Å². The van der Waals surface area contributed by atoms with Gasteiger partial charge in [-0.3, -0.25) is 9.59 Å². The molecule has 0 radical (unpaired) electrons. The van der Waals surface area contributed by atoms with E-state index in [1.54, 1.807) is 0 Å². The molecule has 8 nitrogen and oxygen atoms in total. The van der Waals surface area contributed by atoms with E-state index in [1.807, 2.05) is 39.9 Å². The zero-order chi connectivity index (χ0) is 16.6. The fourth-order valence-electron chi connectivity index (χ4n) is 0.667. The Labute approximate surface area is 119 Å². The van der Waals surface area contributed by atoms with Gasteiger partial charge in [-0.05, 0) is 34.6 Å². The van der Waals surface area contributed by atoms with Gasteiger partial charge in [0, 0.05) is 12.5 Å². The van der Waals surface area contributed by atoms with Crippen LogP contribution in [-0.2, 0) is 14.6 Å². The molecule has 0 aromatic heterocycles. The zero-order valence-electron chi connectivity index (χ0n) is 12.8. The maximum Gasteiger partial charge on any atom is 0.239 e. The van der Waals surface area contributed by atoms with Gasteiger partial charge in [0.2, 0.25) is 11.8 Å². The molecule has 116 valence electrons. The van der Waals surface area contributed by atoms with E-state index in [9.17, 15) is 9.59 Å². The molecule has 0 unspecified atom stereocenters. The molecule has 2 amide bonds. The van der Waals surface area contributed by atoms with E-state index in [1.165, 1.54) is 6.92 Å². The minimum absolute atomic E-state index is 0.0482. The Balaban J connectivity index is -0.000000297. The molecule has 8 heteroatoms. The van der Waals surface area contributed by atoms with Gasteiger partial charge in [0.05, 0.1) is 11.8 Å². The van der Waals surface area contributed by atoms with Crippen molar-refractivity contribution in [3.05, 3.63) is 0 Å². The quantitative estimate of drug-likeness (QED) is 0.272. The van der Waals surface area contributed by atoms with Crippen molar-refractivity contribution >= 4 is 11.8 Å². The molecule has 0 rings (SSSR count). The van der Waals surface area contributed by atoms with Crippen molar-refractivity contribution in [3.63, 3.8) is 0 Å². The second-order valence-corrected chi connectivity index (χ2v) is 4.38. The summed E-state index contributed by atoms with van der Waals surface area (Å²) >= 11 is 0. The number of amides is 2. The second kappa shape index (κ2) is 14.9. The highest BCUT2D eigenvalue weighted by Crippen LogP contribution is 1.96. The topological polar surface area (TPSA) is 124 Å². The van der Waals surface area contributed by atoms with E-state index in [-0.39, 0.29) is 23.9 Å². The molecule has 0 saturated carbocycles. The van der Waals surface area contributed by atoms with Crippen molar-refractivity contribution in [1.29, 1.82) is 5.53 Å². The van der Waals surface area contributed by atoms with Crippen LogP contribution >= 0.6 is 0 Å². The van der Waals surface area contributed by atoms with Gasteiger partial charge >= 0.3 is 0 Å². The number of carbonyl (C=O) groups excluding carboxylic acids is 2. The summed E-state index contributed by atoms with van der Waals surface area (Å²) in [5.74, 6) is 5.00. The first-order valence-electron chi connectivity index (χ1n) is 5.70. The summed E-state index contributed by atoms with van der Waals surface area (Å²) < 4.78 is 0. The second-order valence-electron chi connectivity index (χ2n) is 4.38. The van der Waals surface area contributed by atoms with Crippen LogP contribution in [-0.4, -0.2) is 29.2 Å². The van der Waals surface area contributed by atoms with Crippen LogP contribution in [0.4, 0.5) is 0 Å². The molecule has 0 heterocycles. The number of hydrogen-bond acceptors (Lipinski definition) is 6. The maximum absolute atomic E-state index is 11.0. The van der Waals surface area contributed by atoms with Gasteiger partial charge in [-0.15, -0.1) is 11.8 Å². The molecule has 0 aliphatic carbocycles. The standard InChI is InChI=1S/C8H16N2O2.C4H6.H2N2O2/c1-6(11)9-5-7(12)10-8(2,3)4;1-3-4-2;1-2-4-3/h5H2,1-4H3,(H,9,11)(H,10,12);1-2H3;1,3H. The molecule has 0 bridgehead atoms. The molecule has 0 aromatic rings. The van der Waals surface area contributed by atoms with Crippen LogP contribution in [0.15, 0.2) is 5.28 Å². The summed E-state index contributed by atoms with van der Waals surface area (Å²) in [5, 5.41) is 14.2. The lowest BCUT2D eigenvalue weighted by atomic mass is 10.1. The predicted molar refractivity (Wildman–Crippen MR) is 74.6 cm³/mol. The summed E-state index contributed by atoms with van der Waals surface area (Å²) in [4.78, 5) is 24.3. The molecule has 0 aliphatic rings. The fourth-order valence-corrected chi connectivity index (χ4v) is 0.667. The lowest BCUT2D eigenvalue weighted by molar-refractivity contribution is -0.254. The summed E-state index contributed by atoms with van der Waals surface area (Å²) in [6, 6.07) is 0. The Morgan fingerprint density at radius 3 is 1.90 bits per heavy atom. The van der Waals surface area contributed by atoms with Crippen LogP contribution in [0, 0.1) is 17.4 Å². The summed E-state index contributed by atoms with van der Waals surface area (Å²) in [7, 11) is 0. The van der Waals surface area contributed by atoms with Crippen LogP contribution < -0.4 is 10.6 Å². The van der Waals surface area contributed by atoms with E-state index < -0.39 is 0 Å². The van der Waals surface area contributed by atoms with Crippen molar-refractivity contribution in [2.24, 2.45) is 5.28 Å². The van der Waals surface area contributed by atoms with Crippen molar-refractivity contribution < 1.29 is 19.8 Å². The first kappa shape index (κ1) is 23.0. The van der Waals surface area contributed by atoms with Gasteiger partial charge in [0.1, 0.15) is 0 Å². The molecule has 0 spiro atoms. The normalized spacial score (nSPS) is 8.15. The Bertz CT molecular complexity index is 334. The van der Waals surface area contributed by atoms with Crippen LogP contribution in [0.2, 0.25) is 0 Å². The van der Waals surface area contributed by atoms with E-state index in [4.69, 9.17) is 10.8 Å². The number of nitrogens with zero attached hydrogens (tertiary/aromatic N) is 1. The first-order chi connectivity index (χ1) is 9.14. The summed E-state index contributed by atoms with van der Waals surface area (Å²) in [6.45, 7) is 10.7. The van der Waals surface area contributed by atoms with E-state index >= 15 is 0 Å². The number of rotatable bonds is 3. The highest BCUT2D eigenvalue weighted by molar-refractivity contribution is 5.83. The molecular weight excluding hydrogens is 264 g/mol. The van der Waals surface area contributed by atoms with Crippen molar-refractivity contribution in [2.45, 2.75) is 47.1 Å². The Kier molecular flexibility index (Phi) is 17.2. The van der Waals surface area contributed by atoms with Gasteiger partial charge in [-0.2, -0.15) is 10.8 Å². The predicted octanol–water partition coefficient (Wildman–Crippen LogP) is 1.49. The SMILES string of the molecule is CC#CC.CC(=O)NCC(=O)NC(C)(C)C.N=NOO. The minimum atomic E-state index is -0.241. The van der Waals surface area contributed by atoms with Gasteiger partial charge in [-0.1, -0.05) is 0 Å². The molecule has 0 fully saturated rings. The van der Waals surface area contributed by atoms with Gasteiger partial charge in [0.15, 0.2) is 0 Å². The van der Waals surface area contributed by atoms with Gasteiger partial charge < -0.3 is 10.6 Å². The lowest BCUT2D eigenvalue weighted by Gasteiger charge is -2.20. The summed E-state index contributed by atoms with van der Waals surface area (Å²) in [6.07, 6.45) is 0. The lowest BCUT2D eigenvalue weighted by Crippen LogP contribution is -2.45. The molecule has 20 heavy (non-hydrogen) atoms. The monoisotopic (exact) mass is 288 g/mol. The Hall–Kier alpha value is -2.14. The van der Waals surface area contributed by atoms with E-state index in [0.717, 1.165) is 0 Å². The number of carbonyl (C=O) groups is 2. The smallest absolute Gasteiger partial charge is 0.239 e. The number of hydrogen-bond donors (Lipinski definition) is 4. The van der Waals surface area contributed by atoms with E-state index in [0.29, 0.717) is 0 Å². The van der Waals surface area contributed by atoms with Crippen molar-refractivity contribution in [1.82, 2.24) is 10.6 Å². The Morgan fingerprint density at radius 2 is 1.70 bits per heavy atom. The molecule has 0 saturated heterocycles. The third-order valence-electron chi connectivity index (χ3n) is 1.30. The van der Waals surface area contributed by atoms with Crippen LogP contribution in [0.5, 0.6) is 0 Å². The van der Waals surface area contributed by atoms with Crippen LogP contribution in [0.1, 0.15) is 41.5 Å². The van der Waals surface area contributed by atoms with Crippen LogP contribution in [0.25, 0.3) is 0 Å². The van der Waals surface area contributed by atoms with Gasteiger partial charge in [0.25, 0.3) is 0 Å². The zero-order valence-corrected chi connectivity index (χ0v) is 12.8. The third kappa shape index (κ3) is 36.0. The highest BCUT2D eigenvalue weighted by Gasteiger charge is 2.12. The van der Waals surface area contributed by atoms with Gasteiger partial charge in [-0.25, -0.2) is 4.99 Å². The molecule has 0 aromatic carbocycles. The molecule has 0 aliphatic heterocycles. The molecule has 4 N–H and O–H groups in total. The van der Waals surface area contributed by atoms with Crippen molar-refractivity contribution in [2.75, 3.05) is 6.54 Å². The van der Waals surface area contributed by atoms with E-state index in [2.05, 4.69) is 27.5 Å². The highest BCUT2D eigenvalue weighted by atomic mass is 17.2. The van der Waals surface area contributed by atoms with Crippen LogP contribution in [0.3, 0.4) is 0 Å². The average Bonchev–Trinajstić information content (AvgIpc) is 2.35. The number of nitrogens with one attached hydrogen (secondary N) is 3. The Morgan fingerprint density at radius 1 is 1.30 bits per heavy atom.